The maximum Gasteiger partial charge on any atom is 0.254 e. The summed E-state index contributed by atoms with van der Waals surface area (Å²) in [4.78, 5) is 46.5. The van der Waals surface area contributed by atoms with E-state index >= 15 is 0 Å². The molecule has 0 aliphatic carbocycles. The van der Waals surface area contributed by atoms with Crippen LogP contribution in [0.1, 0.15) is 69.1 Å². The van der Waals surface area contributed by atoms with E-state index in [-0.39, 0.29) is 42.6 Å². The number of thiazole rings is 1. The Morgan fingerprint density at radius 2 is 1.70 bits per heavy atom. The Morgan fingerprint density at radius 3 is 2.32 bits per heavy atom. The van der Waals surface area contributed by atoms with Crippen LogP contribution in [-0.4, -0.2) is 71.3 Å². The minimum Gasteiger partial charge on any atom is -0.353 e. The molecule has 1 unspecified atom stereocenters. The van der Waals surface area contributed by atoms with Crippen LogP contribution >= 0.6 is 11.3 Å². The Kier molecular flexibility index (Phi) is 12.7. The number of carbonyl (C=O) groups is 3. The summed E-state index contributed by atoms with van der Waals surface area (Å²) in [6.45, 7) is 15.8. The zero-order valence-corrected chi connectivity index (χ0v) is 24.0. The van der Waals surface area contributed by atoms with Gasteiger partial charge < -0.3 is 20.4 Å². The third-order valence-corrected chi connectivity index (χ3v) is 6.87. The maximum absolute atomic E-state index is 13.0. The zero-order valence-electron chi connectivity index (χ0n) is 23.2. The van der Waals surface area contributed by atoms with Gasteiger partial charge in [-0.05, 0) is 64.4 Å². The van der Waals surface area contributed by atoms with Crippen LogP contribution in [0.5, 0.6) is 0 Å². The SMILES string of the molecule is CCN(CC)CCCC(C)NC(=O)Cc1csc(NC(=O)CN(CC(C)C)C(=O)c2ccc(C)cc2)n1. The van der Waals surface area contributed by atoms with Gasteiger partial charge in [-0.15, -0.1) is 11.3 Å². The highest BCUT2D eigenvalue weighted by Gasteiger charge is 2.21. The molecule has 1 heterocycles. The highest BCUT2D eigenvalue weighted by molar-refractivity contribution is 7.13. The number of carbonyl (C=O) groups excluding carboxylic acids is 3. The molecule has 2 N–H and O–H groups in total. The smallest absolute Gasteiger partial charge is 0.254 e. The van der Waals surface area contributed by atoms with E-state index in [9.17, 15) is 14.4 Å². The van der Waals surface area contributed by atoms with Crippen molar-refractivity contribution in [1.29, 1.82) is 0 Å². The molecule has 1 aromatic carbocycles. The second-order valence-corrected chi connectivity index (χ2v) is 10.8. The number of rotatable bonds is 15. The monoisotopic (exact) mass is 529 g/mol. The molecule has 3 amide bonds. The molecule has 0 aliphatic heterocycles. The molecule has 2 rings (SSSR count). The molecule has 0 aliphatic rings. The maximum atomic E-state index is 13.0. The Morgan fingerprint density at radius 1 is 1.03 bits per heavy atom. The van der Waals surface area contributed by atoms with Crippen LogP contribution in [-0.2, 0) is 16.0 Å². The van der Waals surface area contributed by atoms with Gasteiger partial charge >= 0.3 is 0 Å². The number of anilines is 1. The van der Waals surface area contributed by atoms with Gasteiger partial charge in [0.15, 0.2) is 5.13 Å². The molecule has 0 fully saturated rings. The van der Waals surface area contributed by atoms with Gasteiger partial charge in [0.25, 0.3) is 5.91 Å². The number of aryl methyl sites for hydroxylation is 1. The second-order valence-electron chi connectivity index (χ2n) is 9.95. The Balaban J connectivity index is 1.86. The summed E-state index contributed by atoms with van der Waals surface area (Å²) in [7, 11) is 0. The predicted octanol–water partition coefficient (Wildman–Crippen LogP) is 4.36. The summed E-state index contributed by atoms with van der Waals surface area (Å²) < 4.78 is 0. The molecule has 0 spiro atoms. The number of nitrogens with one attached hydrogen (secondary N) is 2. The second kappa shape index (κ2) is 15.5. The summed E-state index contributed by atoms with van der Waals surface area (Å²) >= 11 is 1.28. The first-order chi connectivity index (χ1) is 17.6. The number of hydrogen-bond acceptors (Lipinski definition) is 6. The van der Waals surface area contributed by atoms with Crippen molar-refractivity contribution in [2.24, 2.45) is 5.92 Å². The van der Waals surface area contributed by atoms with Crippen LogP contribution in [0.15, 0.2) is 29.6 Å². The van der Waals surface area contributed by atoms with Gasteiger partial charge in [0, 0.05) is 23.5 Å². The Labute approximate surface area is 225 Å². The van der Waals surface area contributed by atoms with Crippen LogP contribution in [0.25, 0.3) is 0 Å². The molecular weight excluding hydrogens is 486 g/mol. The normalized spacial score (nSPS) is 12.0. The largest absolute Gasteiger partial charge is 0.353 e. The molecule has 9 heteroatoms. The first kappa shape index (κ1) is 30.4. The fourth-order valence-electron chi connectivity index (χ4n) is 4.04. The van der Waals surface area contributed by atoms with Gasteiger partial charge in [0.05, 0.1) is 12.1 Å². The third-order valence-electron chi connectivity index (χ3n) is 6.06. The Bertz CT molecular complexity index is 1000. The summed E-state index contributed by atoms with van der Waals surface area (Å²) in [5.41, 5.74) is 2.24. The molecule has 0 saturated carbocycles. The molecular formula is C28H43N5O3S. The van der Waals surface area contributed by atoms with E-state index in [1.807, 2.05) is 39.8 Å². The summed E-state index contributed by atoms with van der Waals surface area (Å²) in [5.74, 6) is -0.350. The number of nitrogens with zero attached hydrogens (tertiary/aromatic N) is 3. The van der Waals surface area contributed by atoms with E-state index in [1.54, 1.807) is 22.4 Å². The summed E-state index contributed by atoms with van der Waals surface area (Å²) in [5, 5.41) is 8.03. The molecule has 0 bridgehead atoms. The van der Waals surface area contributed by atoms with E-state index in [4.69, 9.17) is 0 Å². The highest BCUT2D eigenvalue weighted by Crippen LogP contribution is 2.17. The standard InChI is InChI=1S/C28H43N5O3S/c1-7-32(8-2)15-9-10-22(6)29-25(34)16-24-19-37-28(30-24)31-26(35)18-33(17-20(3)4)27(36)23-13-11-21(5)12-14-23/h11-14,19-20,22H,7-10,15-18H2,1-6H3,(H,29,34)(H,30,31,35). The van der Waals surface area contributed by atoms with E-state index < -0.39 is 0 Å². The molecule has 1 aromatic heterocycles. The molecule has 2 aromatic rings. The van der Waals surface area contributed by atoms with E-state index in [1.165, 1.54) is 11.3 Å². The van der Waals surface area contributed by atoms with Crippen LogP contribution in [0.3, 0.4) is 0 Å². The lowest BCUT2D eigenvalue weighted by molar-refractivity contribution is -0.121. The van der Waals surface area contributed by atoms with Crippen LogP contribution < -0.4 is 10.6 Å². The van der Waals surface area contributed by atoms with Crippen molar-refractivity contribution in [1.82, 2.24) is 20.1 Å². The van der Waals surface area contributed by atoms with Gasteiger partial charge in [-0.1, -0.05) is 45.4 Å². The summed E-state index contributed by atoms with van der Waals surface area (Å²) in [6, 6.07) is 7.45. The topological polar surface area (TPSA) is 94.6 Å². The minimum atomic E-state index is -0.312. The fourth-order valence-corrected chi connectivity index (χ4v) is 4.77. The summed E-state index contributed by atoms with van der Waals surface area (Å²) in [6.07, 6.45) is 2.13. The first-order valence-corrected chi connectivity index (χ1v) is 14.1. The van der Waals surface area contributed by atoms with Gasteiger partial charge in [-0.2, -0.15) is 0 Å². The highest BCUT2D eigenvalue weighted by atomic mass is 32.1. The van der Waals surface area contributed by atoms with Crippen molar-refractivity contribution < 1.29 is 14.4 Å². The van der Waals surface area contributed by atoms with E-state index in [2.05, 4.69) is 34.4 Å². The van der Waals surface area contributed by atoms with Gasteiger partial charge in [0.2, 0.25) is 11.8 Å². The zero-order chi connectivity index (χ0) is 27.4. The number of aromatic nitrogens is 1. The lowest BCUT2D eigenvalue weighted by atomic mass is 10.1. The number of benzene rings is 1. The van der Waals surface area contributed by atoms with Crippen molar-refractivity contribution in [2.45, 2.75) is 66.8 Å². The number of hydrogen-bond donors (Lipinski definition) is 2. The molecule has 1 atom stereocenters. The predicted molar refractivity (Wildman–Crippen MR) is 151 cm³/mol. The quantitative estimate of drug-likeness (QED) is 0.358. The van der Waals surface area contributed by atoms with Crippen molar-refractivity contribution in [3.8, 4) is 0 Å². The average Bonchev–Trinajstić information content (AvgIpc) is 3.27. The van der Waals surface area contributed by atoms with Crippen molar-refractivity contribution in [3.63, 3.8) is 0 Å². The van der Waals surface area contributed by atoms with Crippen LogP contribution in [0.2, 0.25) is 0 Å². The Hall–Kier alpha value is -2.78. The molecule has 37 heavy (non-hydrogen) atoms. The van der Waals surface area contributed by atoms with Crippen molar-refractivity contribution in [2.75, 3.05) is 38.0 Å². The van der Waals surface area contributed by atoms with Gasteiger partial charge in [-0.25, -0.2) is 4.98 Å². The molecule has 0 saturated heterocycles. The van der Waals surface area contributed by atoms with E-state index in [0.717, 1.165) is 38.0 Å². The molecule has 204 valence electrons. The lowest BCUT2D eigenvalue weighted by Gasteiger charge is -2.24. The third kappa shape index (κ3) is 11.0. The number of amides is 3. The molecule has 8 nitrogen and oxygen atoms in total. The van der Waals surface area contributed by atoms with Crippen LogP contribution in [0, 0.1) is 12.8 Å². The minimum absolute atomic E-state index is 0.0642. The first-order valence-electron chi connectivity index (χ1n) is 13.2. The average molecular weight is 530 g/mol. The van der Waals surface area contributed by atoms with Crippen molar-refractivity contribution in [3.05, 3.63) is 46.5 Å². The van der Waals surface area contributed by atoms with Gasteiger partial charge in [-0.3, -0.25) is 14.4 Å². The van der Waals surface area contributed by atoms with Gasteiger partial charge in [0.1, 0.15) is 6.54 Å². The fraction of sp³-hybridized carbons (Fsp3) is 0.571. The molecule has 0 radical (unpaired) electrons. The lowest BCUT2D eigenvalue weighted by Crippen LogP contribution is -2.40. The van der Waals surface area contributed by atoms with Crippen molar-refractivity contribution >= 4 is 34.2 Å². The van der Waals surface area contributed by atoms with E-state index in [0.29, 0.717) is 22.9 Å². The van der Waals surface area contributed by atoms with Crippen LogP contribution in [0.4, 0.5) is 5.13 Å².